The number of β-amino-alcohol motifs (C(OH)–C–C–N with tert-alkyl or cyclic N) is 1. The second kappa shape index (κ2) is 4.66. The summed E-state index contributed by atoms with van der Waals surface area (Å²) in [5, 5.41) is 9.34. The zero-order valence-electron chi connectivity index (χ0n) is 9.24. The molecule has 0 bridgehead atoms. The molecule has 94 valence electrons. The number of nitrogens with zero attached hydrogens (tertiary/aromatic N) is 1. The summed E-state index contributed by atoms with van der Waals surface area (Å²) in [5.41, 5.74) is 0.0173. The van der Waals surface area contributed by atoms with Crippen LogP contribution >= 0.6 is 0 Å². The first-order valence-corrected chi connectivity index (χ1v) is 5.52. The summed E-state index contributed by atoms with van der Waals surface area (Å²) in [6.45, 7) is 1.73. The van der Waals surface area contributed by atoms with E-state index >= 15 is 0 Å². The third-order valence-corrected chi connectivity index (χ3v) is 2.91. The van der Waals surface area contributed by atoms with Crippen molar-refractivity contribution in [2.24, 2.45) is 0 Å². The predicted octanol–water partition coefficient (Wildman–Crippen LogP) is 2.27. The Morgan fingerprint density at radius 1 is 1.35 bits per heavy atom. The Balaban J connectivity index is 2.06. The lowest BCUT2D eigenvalue weighted by atomic mass is 10.1. The fourth-order valence-electron chi connectivity index (χ4n) is 2.06. The average Bonchev–Trinajstić information content (AvgIpc) is 2.63. The van der Waals surface area contributed by atoms with E-state index in [2.05, 4.69) is 0 Å². The molecule has 5 heteroatoms. The Labute approximate surface area is 97.7 Å². The predicted molar refractivity (Wildman–Crippen MR) is 57.3 cm³/mol. The molecule has 1 aliphatic heterocycles. The van der Waals surface area contributed by atoms with Crippen LogP contribution in [0.15, 0.2) is 24.3 Å². The molecule has 1 N–H and O–H groups in total. The number of aliphatic hydroxyl groups excluding tert-OH is 1. The molecule has 1 aromatic carbocycles. The summed E-state index contributed by atoms with van der Waals surface area (Å²) < 4.78 is 37.5. The Bertz CT molecular complexity index is 392. The standard InChI is InChI=1S/C12H14F3NO/c13-12(14,15)10-3-1-2-9(6-10)7-16-5-4-11(17)8-16/h1-3,6,11,17H,4-5,7-8H2/t11-/m1/s1. The fraction of sp³-hybridized carbons (Fsp3) is 0.500. The highest BCUT2D eigenvalue weighted by Gasteiger charge is 2.30. The van der Waals surface area contributed by atoms with Crippen molar-refractivity contribution in [3.05, 3.63) is 35.4 Å². The summed E-state index contributed by atoms with van der Waals surface area (Å²) in [7, 11) is 0. The van der Waals surface area contributed by atoms with Gasteiger partial charge in [-0.2, -0.15) is 13.2 Å². The largest absolute Gasteiger partial charge is 0.416 e. The monoisotopic (exact) mass is 245 g/mol. The molecule has 17 heavy (non-hydrogen) atoms. The van der Waals surface area contributed by atoms with Crippen molar-refractivity contribution in [1.29, 1.82) is 0 Å². The maximum atomic E-state index is 12.5. The summed E-state index contributed by atoms with van der Waals surface area (Å²) in [6.07, 6.45) is -3.94. The molecule has 1 saturated heterocycles. The normalized spacial score (nSPS) is 22.0. The van der Waals surface area contributed by atoms with Crippen molar-refractivity contribution in [1.82, 2.24) is 4.90 Å². The highest BCUT2D eigenvalue weighted by molar-refractivity contribution is 5.25. The van der Waals surface area contributed by atoms with Crippen molar-refractivity contribution in [2.45, 2.75) is 25.2 Å². The third-order valence-electron chi connectivity index (χ3n) is 2.91. The van der Waals surface area contributed by atoms with Crippen LogP contribution in [0, 0.1) is 0 Å². The quantitative estimate of drug-likeness (QED) is 0.864. The Morgan fingerprint density at radius 2 is 2.12 bits per heavy atom. The van der Waals surface area contributed by atoms with E-state index in [1.807, 2.05) is 4.90 Å². The van der Waals surface area contributed by atoms with Gasteiger partial charge in [-0.05, 0) is 18.1 Å². The van der Waals surface area contributed by atoms with Crippen molar-refractivity contribution < 1.29 is 18.3 Å². The average molecular weight is 245 g/mol. The molecule has 0 saturated carbocycles. The first-order chi connectivity index (χ1) is 7.95. The van der Waals surface area contributed by atoms with E-state index in [1.165, 1.54) is 12.1 Å². The number of rotatable bonds is 2. The lowest BCUT2D eigenvalue weighted by Crippen LogP contribution is -2.21. The number of aliphatic hydroxyl groups is 1. The fourth-order valence-corrected chi connectivity index (χ4v) is 2.06. The van der Waals surface area contributed by atoms with E-state index in [-0.39, 0.29) is 6.10 Å². The van der Waals surface area contributed by atoms with Crippen molar-refractivity contribution in [3.63, 3.8) is 0 Å². The third kappa shape index (κ3) is 3.20. The van der Waals surface area contributed by atoms with Gasteiger partial charge in [-0.3, -0.25) is 4.90 Å². The topological polar surface area (TPSA) is 23.5 Å². The number of halogens is 3. The number of alkyl halides is 3. The highest BCUT2D eigenvalue weighted by atomic mass is 19.4. The van der Waals surface area contributed by atoms with Crippen LogP contribution in [0.5, 0.6) is 0 Å². The lowest BCUT2D eigenvalue weighted by Gasteiger charge is -2.16. The van der Waals surface area contributed by atoms with Crippen LogP contribution in [-0.4, -0.2) is 29.2 Å². The zero-order chi connectivity index (χ0) is 12.5. The van der Waals surface area contributed by atoms with Crippen LogP contribution < -0.4 is 0 Å². The van der Waals surface area contributed by atoms with E-state index in [1.54, 1.807) is 6.07 Å². The Morgan fingerprint density at radius 3 is 2.71 bits per heavy atom. The minimum Gasteiger partial charge on any atom is -0.392 e. The Hall–Kier alpha value is -1.07. The summed E-state index contributed by atoms with van der Waals surface area (Å²) in [6, 6.07) is 5.34. The molecular formula is C12H14F3NO. The molecule has 1 aromatic rings. The first kappa shape index (κ1) is 12.4. The highest BCUT2D eigenvalue weighted by Crippen LogP contribution is 2.29. The van der Waals surface area contributed by atoms with Gasteiger partial charge in [0.05, 0.1) is 11.7 Å². The molecule has 1 fully saturated rings. The number of hydrogen-bond donors (Lipinski definition) is 1. The summed E-state index contributed by atoms with van der Waals surface area (Å²) in [4.78, 5) is 1.96. The molecule has 0 aromatic heterocycles. The van der Waals surface area contributed by atoms with E-state index in [4.69, 9.17) is 0 Å². The molecule has 0 spiro atoms. The molecule has 2 rings (SSSR count). The van der Waals surface area contributed by atoms with Crippen LogP contribution in [-0.2, 0) is 12.7 Å². The molecule has 0 aliphatic carbocycles. The van der Waals surface area contributed by atoms with Gasteiger partial charge in [-0.1, -0.05) is 18.2 Å². The van der Waals surface area contributed by atoms with E-state index in [0.29, 0.717) is 25.1 Å². The number of likely N-dealkylation sites (tertiary alicyclic amines) is 1. The van der Waals surface area contributed by atoms with Crippen LogP contribution in [0.2, 0.25) is 0 Å². The van der Waals surface area contributed by atoms with Gasteiger partial charge in [0.1, 0.15) is 0 Å². The van der Waals surface area contributed by atoms with Gasteiger partial charge in [0, 0.05) is 19.6 Å². The molecule has 0 unspecified atom stereocenters. The smallest absolute Gasteiger partial charge is 0.392 e. The van der Waals surface area contributed by atoms with Crippen LogP contribution in [0.3, 0.4) is 0 Å². The van der Waals surface area contributed by atoms with Crippen molar-refractivity contribution in [3.8, 4) is 0 Å². The van der Waals surface area contributed by atoms with Gasteiger partial charge in [-0.25, -0.2) is 0 Å². The van der Waals surface area contributed by atoms with Crippen LogP contribution in [0.25, 0.3) is 0 Å². The molecule has 0 radical (unpaired) electrons. The van der Waals surface area contributed by atoms with Gasteiger partial charge in [0.2, 0.25) is 0 Å². The van der Waals surface area contributed by atoms with Crippen molar-refractivity contribution >= 4 is 0 Å². The number of benzene rings is 1. The van der Waals surface area contributed by atoms with Crippen molar-refractivity contribution in [2.75, 3.05) is 13.1 Å². The molecular weight excluding hydrogens is 231 g/mol. The van der Waals surface area contributed by atoms with E-state index in [0.717, 1.165) is 12.6 Å². The van der Waals surface area contributed by atoms with E-state index in [9.17, 15) is 18.3 Å². The molecule has 1 aliphatic rings. The first-order valence-electron chi connectivity index (χ1n) is 5.52. The minimum absolute atomic E-state index is 0.346. The SMILES string of the molecule is O[C@@H]1CCN(Cc2cccc(C(F)(F)F)c2)C1. The minimum atomic E-state index is -4.29. The maximum Gasteiger partial charge on any atom is 0.416 e. The van der Waals surface area contributed by atoms with Gasteiger partial charge in [-0.15, -0.1) is 0 Å². The lowest BCUT2D eigenvalue weighted by molar-refractivity contribution is -0.137. The maximum absolute atomic E-state index is 12.5. The summed E-state index contributed by atoms with van der Waals surface area (Å²) >= 11 is 0. The van der Waals surface area contributed by atoms with Gasteiger partial charge in [0.25, 0.3) is 0 Å². The number of hydrogen-bond acceptors (Lipinski definition) is 2. The molecule has 2 nitrogen and oxygen atoms in total. The molecule has 0 amide bonds. The van der Waals surface area contributed by atoms with Gasteiger partial charge < -0.3 is 5.11 Å². The van der Waals surface area contributed by atoms with E-state index < -0.39 is 11.7 Å². The van der Waals surface area contributed by atoms with Gasteiger partial charge in [0.15, 0.2) is 0 Å². The molecule has 1 heterocycles. The molecule has 1 atom stereocenters. The zero-order valence-corrected chi connectivity index (χ0v) is 9.24. The second-order valence-corrected chi connectivity index (χ2v) is 4.38. The van der Waals surface area contributed by atoms with Crippen LogP contribution in [0.1, 0.15) is 17.5 Å². The second-order valence-electron chi connectivity index (χ2n) is 4.38. The van der Waals surface area contributed by atoms with Gasteiger partial charge >= 0.3 is 6.18 Å². The Kier molecular flexibility index (Phi) is 3.40. The van der Waals surface area contributed by atoms with Crippen LogP contribution in [0.4, 0.5) is 13.2 Å². The summed E-state index contributed by atoms with van der Waals surface area (Å²) in [5.74, 6) is 0.